The highest BCUT2D eigenvalue weighted by Crippen LogP contribution is 2.33. The summed E-state index contributed by atoms with van der Waals surface area (Å²) in [7, 11) is 0. The predicted octanol–water partition coefficient (Wildman–Crippen LogP) is 4.31. The smallest absolute Gasteiger partial charge is 0.319 e. The number of urea groups is 1. The fraction of sp³-hybridized carbons (Fsp3) is 0.611. The first-order valence-corrected chi connectivity index (χ1v) is 9.10. The van der Waals surface area contributed by atoms with Crippen LogP contribution in [0.5, 0.6) is 0 Å². The number of nitrogens with one attached hydrogen (secondary N) is 2. The SMILES string of the molecule is Cc1cc(SC(C)(C)C)ccc1NC(=O)NC1CCC(O)CC1. The van der Waals surface area contributed by atoms with Crippen molar-refractivity contribution in [3.05, 3.63) is 23.8 Å². The van der Waals surface area contributed by atoms with Crippen molar-refractivity contribution in [3.8, 4) is 0 Å². The van der Waals surface area contributed by atoms with E-state index in [9.17, 15) is 9.90 Å². The Labute approximate surface area is 143 Å². The lowest BCUT2D eigenvalue weighted by Gasteiger charge is -2.26. The van der Waals surface area contributed by atoms with Crippen LogP contribution in [0.3, 0.4) is 0 Å². The number of carbonyl (C=O) groups is 1. The van der Waals surface area contributed by atoms with Gasteiger partial charge in [-0.25, -0.2) is 4.79 Å². The number of aliphatic hydroxyl groups excluding tert-OH is 1. The molecule has 0 atom stereocenters. The molecular formula is C18H28N2O2S. The maximum atomic E-state index is 12.1. The van der Waals surface area contributed by atoms with E-state index in [1.165, 1.54) is 4.90 Å². The highest BCUT2D eigenvalue weighted by molar-refractivity contribution is 8.00. The van der Waals surface area contributed by atoms with Crippen LogP contribution in [0.4, 0.5) is 10.5 Å². The zero-order valence-electron chi connectivity index (χ0n) is 14.5. The molecule has 128 valence electrons. The maximum absolute atomic E-state index is 12.1. The maximum Gasteiger partial charge on any atom is 0.319 e. The third-order valence-electron chi connectivity index (χ3n) is 3.90. The number of rotatable bonds is 3. The number of aliphatic hydroxyl groups is 1. The van der Waals surface area contributed by atoms with Gasteiger partial charge in [-0.05, 0) is 56.4 Å². The summed E-state index contributed by atoms with van der Waals surface area (Å²) < 4.78 is 0.171. The summed E-state index contributed by atoms with van der Waals surface area (Å²) >= 11 is 1.82. The fourth-order valence-corrected chi connectivity index (χ4v) is 3.84. The standard InChI is InChI=1S/C18H28N2O2S/c1-12-11-15(23-18(2,3)4)9-10-16(12)20-17(22)19-13-5-7-14(21)8-6-13/h9-11,13-14,21H,5-8H2,1-4H3,(H2,19,20,22). The fourth-order valence-electron chi connectivity index (χ4n) is 2.76. The molecule has 0 aromatic heterocycles. The molecule has 2 amide bonds. The van der Waals surface area contributed by atoms with Crippen molar-refractivity contribution in [3.63, 3.8) is 0 Å². The van der Waals surface area contributed by atoms with Crippen LogP contribution in [-0.4, -0.2) is 28.0 Å². The first-order valence-electron chi connectivity index (χ1n) is 8.28. The second kappa shape index (κ2) is 7.58. The number of carbonyl (C=O) groups excluding carboxylic acids is 1. The summed E-state index contributed by atoms with van der Waals surface area (Å²) in [4.78, 5) is 13.3. The molecule has 1 aromatic carbocycles. The third-order valence-corrected chi connectivity index (χ3v) is 5.00. The van der Waals surface area contributed by atoms with E-state index in [0.29, 0.717) is 0 Å². The van der Waals surface area contributed by atoms with Gasteiger partial charge in [0.1, 0.15) is 0 Å². The molecule has 0 saturated heterocycles. The Balaban J connectivity index is 1.90. The van der Waals surface area contributed by atoms with E-state index in [2.05, 4.69) is 43.5 Å². The van der Waals surface area contributed by atoms with Crippen LogP contribution in [0.1, 0.15) is 52.0 Å². The van der Waals surface area contributed by atoms with Gasteiger partial charge in [-0.15, -0.1) is 11.8 Å². The third kappa shape index (κ3) is 6.07. The van der Waals surface area contributed by atoms with E-state index in [0.717, 1.165) is 36.9 Å². The molecule has 0 radical (unpaired) electrons. The van der Waals surface area contributed by atoms with Gasteiger partial charge in [0.25, 0.3) is 0 Å². The average Bonchev–Trinajstić information content (AvgIpc) is 2.43. The van der Waals surface area contributed by atoms with E-state index in [1.54, 1.807) is 0 Å². The Morgan fingerprint density at radius 2 is 1.87 bits per heavy atom. The van der Waals surface area contributed by atoms with Crippen LogP contribution in [0.15, 0.2) is 23.1 Å². The molecule has 2 rings (SSSR count). The zero-order chi connectivity index (χ0) is 17.0. The van der Waals surface area contributed by atoms with Crippen molar-refractivity contribution in [1.82, 2.24) is 5.32 Å². The Kier molecular flexibility index (Phi) is 5.98. The first-order chi connectivity index (χ1) is 10.7. The van der Waals surface area contributed by atoms with Gasteiger partial charge in [-0.1, -0.05) is 20.8 Å². The van der Waals surface area contributed by atoms with Gasteiger partial charge in [-0.2, -0.15) is 0 Å². The molecule has 1 aliphatic carbocycles. The molecule has 1 saturated carbocycles. The zero-order valence-corrected chi connectivity index (χ0v) is 15.3. The number of hydrogen-bond acceptors (Lipinski definition) is 3. The quantitative estimate of drug-likeness (QED) is 0.721. The van der Waals surface area contributed by atoms with Crippen LogP contribution in [0, 0.1) is 6.92 Å². The van der Waals surface area contributed by atoms with Crippen LogP contribution >= 0.6 is 11.8 Å². The van der Waals surface area contributed by atoms with Crippen molar-refractivity contribution in [2.24, 2.45) is 0 Å². The summed E-state index contributed by atoms with van der Waals surface area (Å²) in [5, 5.41) is 15.4. The van der Waals surface area contributed by atoms with Crippen LogP contribution < -0.4 is 10.6 Å². The monoisotopic (exact) mass is 336 g/mol. The molecule has 1 aliphatic rings. The molecule has 1 aromatic rings. The van der Waals surface area contributed by atoms with Gasteiger partial charge in [-0.3, -0.25) is 0 Å². The molecule has 0 heterocycles. The van der Waals surface area contributed by atoms with Crippen molar-refractivity contribution in [2.45, 2.75) is 75.2 Å². The van der Waals surface area contributed by atoms with Crippen molar-refractivity contribution < 1.29 is 9.90 Å². The minimum atomic E-state index is -0.203. The molecule has 0 bridgehead atoms. The van der Waals surface area contributed by atoms with Gasteiger partial charge < -0.3 is 15.7 Å². The molecule has 3 N–H and O–H groups in total. The Morgan fingerprint density at radius 1 is 1.22 bits per heavy atom. The molecule has 0 aliphatic heterocycles. The lowest BCUT2D eigenvalue weighted by atomic mass is 9.93. The number of hydrogen-bond donors (Lipinski definition) is 3. The van der Waals surface area contributed by atoms with E-state index in [1.807, 2.05) is 24.8 Å². The Bertz CT molecular complexity index is 546. The van der Waals surface area contributed by atoms with E-state index in [-0.39, 0.29) is 22.9 Å². The molecule has 23 heavy (non-hydrogen) atoms. The Morgan fingerprint density at radius 3 is 2.43 bits per heavy atom. The van der Waals surface area contributed by atoms with Crippen LogP contribution in [0.25, 0.3) is 0 Å². The summed E-state index contributed by atoms with van der Waals surface area (Å²) in [6.07, 6.45) is 3.01. The first kappa shape index (κ1) is 18.1. The highest BCUT2D eigenvalue weighted by atomic mass is 32.2. The summed E-state index contributed by atoms with van der Waals surface area (Å²) in [6, 6.07) is 6.13. The number of benzene rings is 1. The minimum Gasteiger partial charge on any atom is -0.393 e. The molecule has 5 heteroatoms. The molecule has 1 fully saturated rings. The van der Waals surface area contributed by atoms with Crippen molar-refractivity contribution in [2.75, 3.05) is 5.32 Å². The predicted molar refractivity (Wildman–Crippen MR) is 97.2 cm³/mol. The van der Waals surface area contributed by atoms with Gasteiger partial charge in [0.15, 0.2) is 0 Å². The van der Waals surface area contributed by atoms with E-state index < -0.39 is 0 Å². The minimum absolute atomic E-state index is 0.161. The van der Waals surface area contributed by atoms with Gasteiger partial charge in [0.2, 0.25) is 0 Å². The van der Waals surface area contributed by atoms with Gasteiger partial charge >= 0.3 is 6.03 Å². The molecule has 4 nitrogen and oxygen atoms in total. The lowest BCUT2D eigenvalue weighted by Crippen LogP contribution is -2.41. The summed E-state index contributed by atoms with van der Waals surface area (Å²) in [5.41, 5.74) is 1.91. The largest absolute Gasteiger partial charge is 0.393 e. The van der Waals surface area contributed by atoms with E-state index in [4.69, 9.17) is 0 Å². The van der Waals surface area contributed by atoms with Gasteiger partial charge in [0.05, 0.1) is 6.10 Å². The van der Waals surface area contributed by atoms with Crippen LogP contribution in [0.2, 0.25) is 0 Å². The van der Waals surface area contributed by atoms with E-state index >= 15 is 0 Å². The van der Waals surface area contributed by atoms with Crippen molar-refractivity contribution >= 4 is 23.5 Å². The highest BCUT2D eigenvalue weighted by Gasteiger charge is 2.21. The number of thioether (sulfide) groups is 1. The lowest BCUT2D eigenvalue weighted by molar-refractivity contribution is 0.118. The number of amides is 2. The second-order valence-corrected chi connectivity index (χ2v) is 9.20. The molecule has 0 unspecified atom stereocenters. The number of anilines is 1. The second-order valence-electron chi connectivity index (χ2n) is 7.30. The average molecular weight is 337 g/mol. The molecule has 0 spiro atoms. The Hall–Kier alpha value is -1.20. The summed E-state index contributed by atoms with van der Waals surface area (Å²) in [5.74, 6) is 0. The number of aryl methyl sites for hydroxylation is 1. The molecular weight excluding hydrogens is 308 g/mol. The summed E-state index contributed by atoms with van der Waals surface area (Å²) in [6.45, 7) is 8.58. The van der Waals surface area contributed by atoms with Crippen LogP contribution in [-0.2, 0) is 0 Å². The van der Waals surface area contributed by atoms with Crippen molar-refractivity contribution in [1.29, 1.82) is 0 Å². The van der Waals surface area contributed by atoms with Gasteiger partial charge in [0, 0.05) is 21.4 Å². The normalized spacial score (nSPS) is 21.8. The topological polar surface area (TPSA) is 61.4 Å².